The lowest BCUT2D eigenvalue weighted by molar-refractivity contribution is -0.113. The summed E-state index contributed by atoms with van der Waals surface area (Å²) in [6.07, 6.45) is 0. The molecule has 0 atom stereocenters. The van der Waals surface area contributed by atoms with Gasteiger partial charge in [-0.05, 0) is 47.4 Å². The summed E-state index contributed by atoms with van der Waals surface area (Å²) in [5, 5.41) is 11.1. The van der Waals surface area contributed by atoms with Gasteiger partial charge in [-0.2, -0.15) is 0 Å². The van der Waals surface area contributed by atoms with E-state index in [4.69, 9.17) is 11.6 Å². The lowest BCUT2D eigenvalue weighted by Gasteiger charge is -2.19. The van der Waals surface area contributed by atoms with Crippen molar-refractivity contribution < 1.29 is 4.79 Å². The van der Waals surface area contributed by atoms with E-state index in [0.717, 1.165) is 11.3 Å². The number of aromatic nitrogens is 3. The van der Waals surface area contributed by atoms with Gasteiger partial charge in [0.1, 0.15) is 0 Å². The summed E-state index contributed by atoms with van der Waals surface area (Å²) < 4.78 is 0. The minimum atomic E-state index is -0.0960. The molecule has 0 fully saturated rings. The monoisotopic (exact) mass is 400 g/mol. The van der Waals surface area contributed by atoms with Gasteiger partial charge in [-0.25, -0.2) is 4.98 Å². The highest BCUT2D eigenvalue weighted by atomic mass is 35.5. The fraction of sp³-hybridized carbons (Fsp3) is 0.250. The van der Waals surface area contributed by atoms with Gasteiger partial charge >= 0.3 is 0 Å². The number of carbonyl (C=O) groups excluding carboxylic acids is 1. The molecule has 0 aliphatic rings. The zero-order valence-corrected chi connectivity index (χ0v) is 17.0. The molecule has 5 nitrogen and oxygen atoms in total. The average molecular weight is 401 g/mol. The van der Waals surface area contributed by atoms with Crippen molar-refractivity contribution in [3.63, 3.8) is 0 Å². The van der Waals surface area contributed by atoms with Crippen LogP contribution in [0, 0.1) is 0 Å². The van der Waals surface area contributed by atoms with Crippen LogP contribution in [0.15, 0.2) is 53.7 Å². The standard InChI is InChI=1S/C20H21ClN4OS/c1-20(2,3)14-6-10-16(11-7-14)22-17(26)12-27-19-23-18(24-25-19)13-4-8-15(21)9-5-13/h4-11H,12H2,1-3H3,(H,22,26)(H,23,24,25). The van der Waals surface area contributed by atoms with Gasteiger partial charge in [0.25, 0.3) is 0 Å². The lowest BCUT2D eigenvalue weighted by atomic mass is 9.87. The molecule has 0 saturated heterocycles. The second-order valence-electron chi connectivity index (χ2n) is 7.14. The van der Waals surface area contributed by atoms with E-state index in [9.17, 15) is 4.79 Å². The van der Waals surface area contributed by atoms with E-state index in [1.807, 2.05) is 36.4 Å². The number of hydrogen-bond donors (Lipinski definition) is 2. The number of anilines is 1. The van der Waals surface area contributed by atoms with Crippen LogP contribution >= 0.6 is 23.4 Å². The van der Waals surface area contributed by atoms with Crippen LogP contribution in [0.25, 0.3) is 11.4 Å². The van der Waals surface area contributed by atoms with Crippen LogP contribution in [0.3, 0.4) is 0 Å². The molecule has 3 aromatic rings. The number of H-pyrrole nitrogens is 1. The Balaban J connectivity index is 1.54. The van der Waals surface area contributed by atoms with Crippen LogP contribution in [-0.2, 0) is 10.2 Å². The van der Waals surface area contributed by atoms with Crippen LogP contribution in [0.5, 0.6) is 0 Å². The van der Waals surface area contributed by atoms with Crippen molar-refractivity contribution >= 4 is 35.0 Å². The van der Waals surface area contributed by atoms with E-state index >= 15 is 0 Å². The maximum absolute atomic E-state index is 12.2. The molecule has 1 heterocycles. The molecule has 2 aromatic carbocycles. The van der Waals surface area contributed by atoms with Gasteiger partial charge in [0, 0.05) is 16.3 Å². The molecule has 0 spiro atoms. The summed E-state index contributed by atoms with van der Waals surface area (Å²) in [6, 6.07) is 15.3. The number of rotatable bonds is 5. The first-order valence-corrected chi connectivity index (χ1v) is 9.89. The average Bonchev–Trinajstić information content (AvgIpc) is 3.09. The summed E-state index contributed by atoms with van der Waals surface area (Å²) in [5.74, 6) is 0.785. The van der Waals surface area contributed by atoms with Crippen LogP contribution < -0.4 is 5.32 Å². The number of benzene rings is 2. The second-order valence-corrected chi connectivity index (χ2v) is 8.52. The van der Waals surface area contributed by atoms with Gasteiger partial charge in [-0.1, -0.05) is 56.3 Å². The molecular weight excluding hydrogens is 380 g/mol. The third-order valence-electron chi connectivity index (χ3n) is 3.95. The SMILES string of the molecule is CC(C)(C)c1ccc(NC(=O)CSc2n[nH]c(-c3ccc(Cl)cc3)n2)cc1. The number of nitrogens with one attached hydrogen (secondary N) is 2. The molecule has 0 aliphatic heterocycles. The highest BCUT2D eigenvalue weighted by Gasteiger charge is 2.13. The summed E-state index contributed by atoms with van der Waals surface area (Å²) in [7, 11) is 0. The number of thioether (sulfide) groups is 1. The first kappa shape index (κ1) is 19.5. The predicted octanol–water partition coefficient (Wildman–Crippen LogP) is 5.15. The fourth-order valence-corrected chi connectivity index (χ4v) is 3.15. The van der Waals surface area contributed by atoms with E-state index in [1.165, 1.54) is 17.3 Å². The lowest BCUT2D eigenvalue weighted by Crippen LogP contribution is -2.15. The van der Waals surface area contributed by atoms with E-state index in [-0.39, 0.29) is 17.1 Å². The third-order valence-corrected chi connectivity index (χ3v) is 5.05. The fourth-order valence-electron chi connectivity index (χ4n) is 2.43. The Morgan fingerprint density at radius 2 is 1.78 bits per heavy atom. The molecule has 140 valence electrons. The van der Waals surface area contributed by atoms with Gasteiger partial charge in [0.2, 0.25) is 11.1 Å². The number of halogens is 1. The zero-order valence-electron chi connectivity index (χ0n) is 15.4. The highest BCUT2D eigenvalue weighted by molar-refractivity contribution is 7.99. The van der Waals surface area contributed by atoms with Crippen molar-refractivity contribution in [2.75, 3.05) is 11.1 Å². The Morgan fingerprint density at radius 1 is 1.11 bits per heavy atom. The molecule has 0 bridgehead atoms. The van der Waals surface area contributed by atoms with Gasteiger partial charge in [-0.15, -0.1) is 5.10 Å². The van der Waals surface area contributed by atoms with Gasteiger partial charge in [0.05, 0.1) is 5.75 Å². The summed E-state index contributed by atoms with van der Waals surface area (Å²) in [6.45, 7) is 6.48. The van der Waals surface area contributed by atoms with Crippen LogP contribution in [0.2, 0.25) is 5.02 Å². The van der Waals surface area contributed by atoms with Crippen molar-refractivity contribution in [2.24, 2.45) is 0 Å². The number of carbonyl (C=O) groups is 1. The second kappa shape index (κ2) is 8.15. The third kappa shape index (κ3) is 5.34. The molecular formula is C20H21ClN4OS. The predicted molar refractivity (Wildman–Crippen MR) is 111 cm³/mol. The summed E-state index contributed by atoms with van der Waals surface area (Å²) >= 11 is 7.17. The van der Waals surface area contributed by atoms with Crippen LogP contribution in [-0.4, -0.2) is 26.8 Å². The Hall–Kier alpha value is -2.31. The molecule has 1 amide bonds. The molecule has 27 heavy (non-hydrogen) atoms. The maximum Gasteiger partial charge on any atom is 0.234 e. The molecule has 2 N–H and O–H groups in total. The molecule has 0 saturated carbocycles. The Labute approximate surface area is 167 Å². The first-order valence-electron chi connectivity index (χ1n) is 8.53. The summed E-state index contributed by atoms with van der Waals surface area (Å²) in [4.78, 5) is 16.6. The number of nitrogens with zero attached hydrogens (tertiary/aromatic N) is 2. The van der Waals surface area contributed by atoms with E-state index in [2.05, 4.69) is 41.3 Å². The van der Waals surface area contributed by atoms with Gasteiger partial charge in [-0.3, -0.25) is 9.89 Å². The molecule has 3 rings (SSSR count). The van der Waals surface area contributed by atoms with Gasteiger partial charge in [0.15, 0.2) is 5.82 Å². The van der Waals surface area contributed by atoms with E-state index in [0.29, 0.717) is 16.0 Å². The quantitative estimate of drug-likeness (QED) is 0.581. The minimum absolute atomic E-state index is 0.0891. The minimum Gasteiger partial charge on any atom is -0.325 e. The van der Waals surface area contributed by atoms with E-state index < -0.39 is 0 Å². The van der Waals surface area contributed by atoms with Crippen LogP contribution in [0.4, 0.5) is 5.69 Å². The van der Waals surface area contributed by atoms with E-state index in [1.54, 1.807) is 12.1 Å². The molecule has 0 unspecified atom stereocenters. The highest BCUT2D eigenvalue weighted by Crippen LogP contribution is 2.24. The number of amides is 1. The smallest absolute Gasteiger partial charge is 0.234 e. The normalized spacial score (nSPS) is 11.4. The molecule has 0 radical (unpaired) electrons. The van der Waals surface area contributed by atoms with Crippen molar-refractivity contribution in [2.45, 2.75) is 31.3 Å². The van der Waals surface area contributed by atoms with Crippen molar-refractivity contribution in [1.29, 1.82) is 0 Å². The topological polar surface area (TPSA) is 70.7 Å². The Kier molecular flexibility index (Phi) is 5.87. The Bertz CT molecular complexity index is 914. The Morgan fingerprint density at radius 3 is 2.41 bits per heavy atom. The molecule has 0 aliphatic carbocycles. The molecule has 7 heteroatoms. The van der Waals surface area contributed by atoms with Gasteiger partial charge < -0.3 is 5.32 Å². The van der Waals surface area contributed by atoms with Crippen molar-refractivity contribution in [3.05, 3.63) is 59.1 Å². The van der Waals surface area contributed by atoms with Crippen LogP contribution in [0.1, 0.15) is 26.3 Å². The van der Waals surface area contributed by atoms with Crippen molar-refractivity contribution in [1.82, 2.24) is 15.2 Å². The maximum atomic E-state index is 12.2. The van der Waals surface area contributed by atoms with Crippen molar-refractivity contribution in [3.8, 4) is 11.4 Å². The molecule has 1 aromatic heterocycles. The summed E-state index contributed by atoms with van der Waals surface area (Å²) in [5.41, 5.74) is 2.99. The number of aromatic amines is 1. The zero-order chi connectivity index (χ0) is 19.4. The first-order chi connectivity index (χ1) is 12.8. The number of hydrogen-bond acceptors (Lipinski definition) is 4. The largest absolute Gasteiger partial charge is 0.325 e.